The van der Waals surface area contributed by atoms with Crippen molar-refractivity contribution in [2.75, 3.05) is 33.1 Å². The highest BCUT2D eigenvalue weighted by molar-refractivity contribution is 5.89. The quantitative estimate of drug-likeness (QED) is 0.809. The normalized spacial score (nSPS) is 13.5. The van der Waals surface area contributed by atoms with Gasteiger partial charge in [0.1, 0.15) is 0 Å². The van der Waals surface area contributed by atoms with Crippen molar-refractivity contribution in [1.29, 1.82) is 0 Å². The third-order valence-electron chi connectivity index (χ3n) is 4.16. The number of aromatic nitrogens is 2. The first kappa shape index (κ1) is 19.0. The highest BCUT2D eigenvalue weighted by atomic mass is 16.5. The van der Waals surface area contributed by atoms with E-state index in [-0.39, 0.29) is 18.2 Å². The molecule has 0 fully saturated rings. The molecule has 7 heteroatoms. The van der Waals surface area contributed by atoms with Crippen molar-refractivity contribution in [1.82, 2.24) is 20.0 Å². The Morgan fingerprint density at radius 2 is 2.12 bits per heavy atom. The fourth-order valence-electron chi connectivity index (χ4n) is 2.58. The van der Waals surface area contributed by atoms with Crippen molar-refractivity contribution in [3.05, 3.63) is 47.8 Å². The minimum absolute atomic E-state index is 0.0199. The summed E-state index contributed by atoms with van der Waals surface area (Å²) in [4.78, 5) is 14.3. The highest BCUT2D eigenvalue weighted by Gasteiger charge is 2.17. The zero-order valence-corrected chi connectivity index (χ0v) is 15.5. The van der Waals surface area contributed by atoms with Crippen LogP contribution in [0, 0.1) is 0 Å². The molecule has 2 N–H and O–H groups in total. The number of anilines is 1. The summed E-state index contributed by atoms with van der Waals surface area (Å²) >= 11 is 0. The highest BCUT2D eigenvalue weighted by Crippen LogP contribution is 2.20. The Kier molecular flexibility index (Phi) is 6.55. The fourth-order valence-corrected chi connectivity index (χ4v) is 2.58. The molecule has 2 amide bonds. The Bertz CT molecular complexity index is 698. The van der Waals surface area contributed by atoms with E-state index in [1.54, 1.807) is 11.8 Å². The van der Waals surface area contributed by atoms with Gasteiger partial charge in [-0.3, -0.25) is 4.68 Å². The molecule has 1 aromatic heterocycles. The number of hydrogen-bond acceptors (Lipinski definition) is 4. The van der Waals surface area contributed by atoms with Crippen LogP contribution in [0.1, 0.15) is 30.2 Å². The van der Waals surface area contributed by atoms with E-state index in [0.717, 1.165) is 16.8 Å². The van der Waals surface area contributed by atoms with Gasteiger partial charge in [0, 0.05) is 38.1 Å². The summed E-state index contributed by atoms with van der Waals surface area (Å²) in [6, 6.07) is 7.46. The third-order valence-corrected chi connectivity index (χ3v) is 4.16. The van der Waals surface area contributed by atoms with Crippen LogP contribution < -0.4 is 10.6 Å². The van der Waals surface area contributed by atoms with Crippen molar-refractivity contribution >= 4 is 11.7 Å². The van der Waals surface area contributed by atoms with Gasteiger partial charge >= 0.3 is 6.03 Å². The zero-order valence-electron chi connectivity index (χ0n) is 15.5. The Morgan fingerprint density at radius 3 is 2.72 bits per heavy atom. The van der Waals surface area contributed by atoms with Crippen LogP contribution in [-0.2, 0) is 11.8 Å². The lowest BCUT2D eigenvalue weighted by molar-refractivity contribution is 0.119. The minimum atomic E-state index is -0.238. The van der Waals surface area contributed by atoms with Crippen LogP contribution in [0.25, 0.3) is 0 Å². The molecule has 0 saturated carbocycles. The van der Waals surface area contributed by atoms with E-state index >= 15 is 0 Å². The van der Waals surface area contributed by atoms with E-state index in [0.29, 0.717) is 6.54 Å². The number of amides is 2. The molecule has 0 aliphatic carbocycles. The second-order valence-corrected chi connectivity index (χ2v) is 6.27. The van der Waals surface area contributed by atoms with E-state index in [2.05, 4.69) is 20.6 Å². The average molecular weight is 345 g/mol. The van der Waals surface area contributed by atoms with Crippen LogP contribution in [-0.4, -0.2) is 48.5 Å². The van der Waals surface area contributed by atoms with Crippen LogP contribution in [0.15, 0.2) is 36.7 Å². The van der Waals surface area contributed by atoms with Crippen LogP contribution in [0.2, 0.25) is 0 Å². The van der Waals surface area contributed by atoms with Crippen molar-refractivity contribution < 1.29 is 9.53 Å². The Hall–Kier alpha value is -2.38. The molecule has 136 valence electrons. The SMILES string of the molecule is CO[C@@H](C)c1cccc(NC(=O)NC[C@H](c2cnn(C)c2)N(C)C)c1. The zero-order chi connectivity index (χ0) is 18.4. The molecule has 0 radical (unpaired) electrons. The van der Waals surface area contributed by atoms with Crippen molar-refractivity contribution in [3.63, 3.8) is 0 Å². The van der Waals surface area contributed by atoms with Crippen LogP contribution in [0.3, 0.4) is 0 Å². The van der Waals surface area contributed by atoms with Gasteiger partial charge in [-0.1, -0.05) is 12.1 Å². The number of nitrogens with zero attached hydrogens (tertiary/aromatic N) is 3. The molecule has 2 aromatic rings. The third kappa shape index (κ3) is 5.30. The lowest BCUT2D eigenvalue weighted by atomic mass is 10.1. The molecular weight excluding hydrogens is 318 g/mol. The Labute approximate surface area is 149 Å². The van der Waals surface area contributed by atoms with E-state index in [4.69, 9.17) is 4.74 Å². The summed E-state index contributed by atoms with van der Waals surface area (Å²) < 4.78 is 7.07. The molecule has 7 nitrogen and oxygen atoms in total. The largest absolute Gasteiger partial charge is 0.377 e. The predicted molar refractivity (Wildman–Crippen MR) is 98.5 cm³/mol. The predicted octanol–water partition coefficient (Wildman–Crippen LogP) is 2.55. The number of aryl methyl sites for hydroxylation is 1. The smallest absolute Gasteiger partial charge is 0.319 e. The van der Waals surface area contributed by atoms with Gasteiger partial charge in [-0.2, -0.15) is 5.10 Å². The number of urea groups is 1. The van der Waals surface area contributed by atoms with Gasteiger partial charge in [-0.15, -0.1) is 0 Å². The van der Waals surface area contributed by atoms with Gasteiger partial charge in [0.25, 0.3) is 0 Å². The lowest BCUT2D eigenvalue weighted by Crippen LogP contribution is -2.36. The molecule has 2 atom stereocenters. The molecule has 1 heterocycles. The average Bonchev–Trinajstić information content (AvgIpc) is 3.00. The van der Waals surface area contributed by atoms with Gasteiger partial charge < -0.3 is 20.3 Å². The first-order valence-corrected chi connectivity index (χ1v) is 8.23. The maximum Gasteiger partial charge on any atom is 0.319 e. The number of carbonyl (C=O) groups is 1. The maximum absolute atomic E-state index is 12.2. The molecule has 2 rings (SSSR count). The van der Waals surface area contributed by atoms with Gasteiger partial charge in [-0.25, -0.2) is 4.79 Å². The number of hydrogen-bond donors (Lipinski definition) is 2. The topological polar surface area (TPSA) is 71.4 Å². The molecule has 0 saturated heterocycles. The van der Waals surface area contributed by atoms with E-state index < -0.39 is 0 Å². The molecular formula is C18H27N5O2. The number of methoxy groups -OCH3 is 1. The Balaban J connectivity index is 1.95. The number of likely N-dealkylation sites (N-methyl/N-ethyl adjacent to an activating group) is 1. The first-order valence-electron chi connectivity index (χ1n) is 8.23. The summed E-state index contributed by atoms with van der Waals surface area (Å²) in [5, 5.41) is 9.99. The second-order valence-electron chi connectivity index (χ2n) is 6.27. The number of benzene rings is 1. The number of rotatable bonds is 7. The summed E-state index contributed by atoms with van der Waals surface area (Å²) in [6.45, 7) is 2.45. The maximum atomic E-state index is 12.2. The lowest BCUT2D eigenvalue weighted by Gasteiger charge is -2.23. The Morgan fingerprint density at radius 1 is 1.36 bits per heavy atom. The molecule has 0 spiro atoms. The van der Waals surface area contributed by atoms with E-state index in [9.17, 15) is 4.79 Å². The monoisotopic (exact) mass is 345 g/mol. The summed E-state index contributed by atoms with van der Waals surface area (Å²) in [5.74, 6) is 0. The summed E-state index contributed by atoms with van der Waals surface area (Å²) in [5.41, 5.74) is 2.81. The van der Waals surface area contributed by atoms with Crippen molar-refractivity contribution in [2.45, 2.75) is 19.1 Å². The van der Waals surface area contributed by atoms with Gasteiger partial charge in [0.05, 0.1) is 18.3 Å². The number of nitrogens with one attached hydrogen (secondary N) is 2. The number of ether oxygens (including phenoxy) is 1. The molecule has 0 aliphatic rings. The molecule has 0 bridgehead atoms. The van der Waals surface area contributed by atoms with Crippen molar-refractivity contribution in [2.24, 2.45) is 7.05 Å². The number of carbonyl (C=O) groups excluding carboxylic acids is 1. The standard InChI is InChI=1S/C18H27N5O2/c1-13(25-5)14-7-6-8-16(9-14)21-18(24)19-11-17(22(2)3)15-10-20-23(4)12-15/h6-10,12-13,17H,11H2,1-5H3,(H2,19,21,24)/t13-,17+/m0/s1. The molecule has 0 aliphatic heterocycles. The van der Waals surface area contributed by atoms with Crippen molar-refractivity contribution in [3.8, 4) is 0 Å². The second kappa shape index (κ2) is 8.64. The van der Waals surface area contributed by atoms with Crippen LogP contribution >= 0.6 is 0 Å². The molecule has 25 heavy (non-hydrogen) atoms. The first-order chi connectivity index (χ1) is 11.9. The van der Waals surface area contributed by atoms with Gasteiger partial charge in [0.2, 0.25) is 0 Å². The summed E-state index contributed by atoms with van der Waals surface area (Å²) in [7, 11) is 7.50. The van der Waals surface area contributed by atoms with Crippen LogP contribution in [0.5, 0.6) is 0 Å². The minimum Gasteiger partial charge on any atom is -0.377 e. The van der Waals surface area contributed by atoms with Crippen LogP contribution in [0.4, 0.5) is 10.5 Å². The fraction of sp³-hybridized carbons (Fsp3) is 0.444. The van der Waals surface area contributed by atoms with E-state index in [1.807, 2.05) is 64.7 Å². The van der Waals surface area contributed by atoms with E-state index in [1.165, 1.54) is 0 Å². The van der Waals surface area contributed by atoms with Gasteiger partial charge in [-0.05, 0) is 38.7 Å². The molecule has 0 unspecified atom stereocenters. The molecule has 1 aromatic carbocycles. The summed E-state index contributed by atoms with van der Waals surface area (Å²) in [6.07, 6.45) is 3.76. The van der Waals surface area contributed by atoms with Gasteiger partial charge in [0.15, 0.2) is 0 Å².